The van der Waals surface area contributed by atoms with E-state index in [0.717, 1.165) is 27.8 Å². The smallest absolute Gasteiger partial charge is 0.196 e. The van der Waals surface area contributed by atoms with Gasteiger partial charge in [0, 0.05) is 11.6 Å². The second-order valence-electron chi connectivity index (χ2n) is 4.12. The lowest BCUT2D eigenvalue weighted by atomic mass is 10.2. The third-order valence-corrected chi connectivity index (χ3v) is 2.93. The van der Waals surface area contributed by atoms with Gasteiger partial charge in [-0.2, -0.15) is 5.10 Å². The van der Waals surface area contributed by atoms with E-state index in [1.54, 1.807) is 12.3 Å². The van der Waals surface area contributed by atoms with Gasteiger partial charge in [-0.05, 0) is 30.7 Å². The number of rotatable bonds is 1. The van der Waals surface area contributed by atoms with Crippen LogP contribution in [0.1, 0.15) is 5.56 Å². The molecule has 0 bridgehead atoms. The number of aromatic nitrogens is 3. The second-order valence-corrected chi connectivity index (χ2v) is 4.12. The Bertz CT molecular complexity index is 780. The van der Waals surface area contributed by atoms with Gasteiger partial charge >= 0.3 is 0 Å². The van der Waals surface area contributed by atoms with Gasteiger partial charge in [-0.15, -0.1) is 0 Å². The van der Waals surface area contributed by atoms with Crippen molar-refractivity contribution < 1.29 is 13.2 Å². The molecule has 0 fully saturated rings. The maximum absolute atomic E-state index is 13.8. The Balaban J connectivity index is 2.31. The maximum atomic E-state index is 13.8. The summed E-state index contributed by atoms with van der Waals surface area (Å²) in [7, 11) is 0. The highest BCUT2D eigenvalue weighted by molar-refractivity contribution is 5.79. The molecule has 0 atom stereocenters. The summed E-state index contributed by atoms with van der Waals surface area (Å²) in [5.74, 6) is -4.04. The van der Waals surface area contributed by atoms with E-state index in [4.69, 9.17) is 0 Å². The molecule has 0 N–H and O–H groups in total. The molecule has 1 aromatic carbocycles. The van der Waals surface area contributed by atoms with Crippen LogP contribution in [-0.2, 0) is 0 Å². The molecule has 0 aliphatic rings. The average molecular weight is 263 g/mol. The van der Waals surface area contributed by atoms with Gasteiger partial charge in [0.1, 0.15) is 5.69 Å². The number of nitrogens with zero attached hydrogens (tertiary/aromatic N) is 3. The van der Waals surface area contributed by atoms with E-state index < -0.39 is 17.5 Å². The monoisotopic (exact) mass is 263 g/mol. The number of halogens is 3. The Kier molecular flexibility index (Phi) is 2.51. The van der Waals surface area contributed by atoms with Crippen molar-refractivity contribution in [2.75, 3.05) is 0 Å². The first kappa shape index (κ1) is 11.7. The first-order chi connectivity index (χ1) is 9.09. The van der Waals surface area contributed by atoms with Crippen molar-refractivity contribution in [3.63, 3.8) is 0 Å². The molecule has 0 saturated carbocycles. The van der Waals surface area contributed by atoms with Gasteiger partial charge in [0.05, 0.1) is 6.20 Å². The predicted octanol–water partition coefficient (Wildman–Crippen LogP) is 3.15. The molecule has 2 aromatic heterocycles. The van der Waals surface area contributed by atoms with Crippen LogP contribution in [0.15, 0.2) is 30.6 Å². The molecule has 0 unspecified atom stereocenters. The van der Waals surface area contributed by atoms with E-state index in [-0.39, 0.29) is 5.69 Å². The van der Waals surface area contributed by atoms with Gasteiger partial charge in [-0.3, -0.25) is 0 Å². The van der Waals surface area contributed by atoms with E-state index >= 15 is 0 Å². The van der Waals surface area contributed by atoms with Crippen molar-refractivity contribution in [3.8, 4) is 5.69 Å². The molecule has 3 aromatic rings. The lowest BCUT2D eigenvalue weighted by molar-refractivity contribution is 0.443. The minimum absolute atomic E-state index is 0.174. The minimum Gasteiger partial charge on any atom is -0.237 e. The zero-order valence-electron chi connectivity index (χ0n) is 9.86. The lowest BCUT2D eigenvalue weighted by Gasteiger charge is -2.05. The lowest BCUT2D eigenvalue weighted by Crippen LogP contribution is -2.04. The molecule has 0 aliphatic heterocycles. The van der Waals surface area contributed by atoms with Crippen molar-refractivity contribution in [2.45, 2.75) is 6.92 Å². The first-order valence-electron chi connectivity index (χ1n) is 5.53. The first-order valence-corrected chi connectivity index (χ1v) is 5.53. The molecule has 3 rings (SSSR count). The summed E-state index contributed by atoms with van der Waals surface area (Å²) in [6.07, 6.45) is 3.06. The van der Waals surface area contributed by atoms with Crippen LogP contribution in [0.2, 0.25) is 0 Å². The van der Waals surface area contributed by atoms with Crippen molar-refractivity contribution in [3.05, 3.63) is 53.6 Å². The maximum Gasteiger partial charge on any atom is 0.196 e. The highest BCUT2D eigenvalue weighted by Gasteiger charge is 2.17. The number of fused-ring (bicyclic) bond motifs is 1. The van der Waals surface area contributed by atoms with Crippen LogP contribution in [0, 0.1) is 24.4 Å². The van der Waals surface area contributed by atoms with Gasteiger partial charge in [-0.1, -0.05) is 0 Å². The summed E-state index contributed by atoms with van der Waals surface area (Å²) in [4.78, 5) is 4.09. The van der Waals surface area contributed by atoms with E-state index in [2.05, 4.69) is 10.1 Å². The van der Waals surface area contributed by atoms with Gasteiger partial charge in [-0.25, -0.2) is 22.8 Å². The topological polar surface area (TPSA) is 30.7 Å². The van der Waals surface area contributed by atoms with Crippen LogP contribution in [0.25, 0.3) is 16.7 Å². The van der Waals surface area contributed by atoms with Crippen molar-refractivity contribution in [2.24, 2.45) is 0 Å². The van der Waals surface area contributed by atoms with Crippen molar-refractivity contribution in [1.82, 2.24) is 14.8 Å². The molecular weight excluding hydrogens is 255 g/mol. The van der Waals surface area contributed by atoms with E-state index in [0.29, 0.717) is 5.65 Å². The molecule has 3 nitrogen and oxygen atoms in total. The van der Waals surface area contributed by atoms with Gasteiger partial charge in [0.25, 0.3) is 0 Å². The third-order valence-electron chi connectivity index (χ3n) is 2.93. The molecule has 96 valence electrons. The van der Waals surface area contributed by atoms with Crippen LogP contribution in [-0.4, -0.2) is 14.8 Å². The predicted molar refractivity (Wildman–Crippen MR) is 63.5 cm³/mol. The van der Waals surface area contributed by atoms with Crippen LogP contribution >= 0.6 is 0 Å². The fourth-order valence-corrected chi connectivity index (χ4v) is 1.91. The molecule has 0 radical (unpaired) electrons. The zero-order valence-corrected chi connectivity index (χ0v) is 9.86. The summed E-state index contributed by atoms with van der Waals surface area (Å²) < 4.78 is 41.1. The molecule has 19 heavy (non-hydrogen) atoms. The molecule has 0 amide bonds. The Morgan fingerprint density at radius 1 is 1.05 bits per heavy atom. The molecule has 6 heteroatoms. The van der Waals surface area contributed by atoms with E-state index in [9.17, 15) is 13.2 Å². The normalized spacial score (nSPS) is 11.2. The second kappa shape index (κ2) is 4.08. The number of hydrogen-bond acceptors (Lipinski definition) is 2. The van der Waals surface area contributed by atoms with E-state index in [1.165, 1.54) is 6.20 Å². The van der Waals surface area contributed by atoms with Gasteiger partial charge in [0.2, 0.25) is 0 Å². The number of hydrogen-bond donors (Lipinski definition) is 0. The average Bonchev–Trinajstić information content (AvgIpc) is 2.82. The largest absolute Gasteiger partial charge is 0.237 e. The number of pyridine rings is 1. The van der Waals surface area contributed by atoms with Gasteiger partial charge in [0.15, 0.2) is 23.1 Å². The molecule has 2 heterocycles. The quantitative estimate of drug-likeness (QED) is 0.631. The highest BCUT2D eigenvalue weighted by Crippen LogP contribution is 2.23. The summed E-state index contributed by atoms with van der Waals surface area (Å²) in [5.41, 5.74) is 1.14. The van der Waals surface area contributed by atoms with Crippen LogP contribution < -0.4 is 0 Å². The Labute approximate surface area is 106 Å². The van der Waals surface area contributed by atoms with Crippen molar-refractivity contribution >= 4 is 11.0 Å². The fraction of sp³-hybridized carbons (Fsp3) is 0.0769. The van der Waals surface area contributed by atoms with Crippen LogP contribution in [0.5, 0.6) is 0 Å². The van der Waals surface area contributed by atoms with E-state index in [1.807, 2.05) is 6.92 Å². The fourth-order valence-electron chi connectivity index (χ4n) is 1.91. The Hall–Kier alpha value is -2.37. The molecule has 0 aliphatic carbocycles. The molecule has 0 spiro atoms. The Morgan fingerprint density at radius 2 is 1.84 bits per heavy atom. The highest BCUT2D eigenvalue weighted by atomic mass is 19.2. The SMILES string of the molecule is Cc1ccnc2c1cnn2-c1ccc(F)c(F)c1F. The Morgan fingerprint density at radius 3 is 2.63 bits per heavy atom. The standard InChI is InChI=1S/C13H8F3N3/c1-7-4-5-17-13-8(7)6-18-19(13)10-3-2-9(14)11(15)12(10)16/h2-6H,1H3. The minimum atomic E-state index is -1.52. The third kappa shape index (κ3) is 1.68. The number of aryl methyl sites for hydroxylation is 1. The van der Waals surface area contributed by atoms with Crippen LogP contribution in [0.4, 0.5) is 13.2 Å². The van der Waals surface area contributed by atoms with Gasteiger partial charge < -0.3 is 0 Å². The van der Waals surface area contributed by atoms with Crippen molar-refractivity contribution in [1.29, 1.82) is 0 Å². The summed E-state index contributed by atoms with van der Waals surface area (Å²) in [5, 5.41) is 4.71. The van der Waals surface area contributed by atoms with Crippen LogP contribution in [0.3, 0.4) is 0 Å². The number of benzene rings is 1. The summed E-state index contributed by atoms with van der Waals surface area (Å²) in [6.45, 7) is 1.86. The molecule has 0 saturated heterocycles. The zero-order chi connectivity index (χ0) is 13.6. The molecular formula is C13H8F3N3. The summed E-state index contributed by atoms with van der Waals surface area (Å²) in [6, 6.07) is 3.78. The summed E-state index contributed by atoms with van der Waals surface area (Å²) >= 11 is 0.